The summed E-state index contributed by atoms with van der Waals surface area (Å²) < 4.78 is 6.49. The molecule has 22 heavy (non-hydrogen) atoms. The van der Waals surface area contributed by atoms with Crippen LogP contribution >= 0.6 is 0 Å². The van der Waals surface area contributed by atoms with Crippen LogP contribution in [0.2, 0.25) is 18.1 Å². The van der Waals surface area contributed by atoms with Crippen molar-refractivity contribution in [2.45, 2.75) is 84.0 Å². The maximum atomic E-state index is 12.0. The highest BCUT2D eigenvalue weighted by atomic mass is 28.4. The fraction of sp³-hybridized carbons (Fsp3) is 0.833. The van der Waals surface area contributed by atoms with Crippen molar-refractivity contribution in [3.05, 3.63) is 12.2 Å². The van der Waals surface area contributed by atoms with Gasteiger partial charge < -0.3 is 9.53 Å². The summed E-state index contributed by atoms with van der Waals surface area (Å²) in [4.78, 5) is 12.0. The van der Waals surface area contributed by atoms with Crippen LogP contribution < -0.4 is 0 Å². The first kappa shape index (κ1) is 19.4. The summed E-state index contributed by atoms with van der Waals surface area (Å²) in [7, 11) is -1.99. The van der Waals surface area contributed by atoms with Gasteiger partial charge in [0.05, 0.1) is 12.0 Å². The Morgan fingerprint density at radius 2 is 1.77 bits per heavy atom. The number of allylic oxidation sites excluding steroid dienone is 1. The molecule has 0 aromatic carbocycles. The van der Waals surface area contributed by atoms with E-state index in [1.165, 1.54) is 6.42 Å². The Morgan fingerprint density at radius 1 is 1.23 bits per heavy atom. The van der Waals surface area contributed by atoms with Gasteiger partial charge in [0.25, 0.3) is 0 Å². The third kappa shape index (κ3) is 4.95. The van der Waals surface area contributed by atoms with E-state index >= 15 is 0 Å². The molecule has 1 aliphatic rings. The molecule has 0 amide bonds. The van der Waals surface area contributed by atoms with Gasteiger partial charge in [-0.2, -0.15) is 0 Å². The maximum absolute atomic E-state index is 12.0. The Hall–Kier alpha value is -0.613. The average molecular weight is 327 g/mol. The molecule has 2 unspecified atom stereocenters. The zero-order chi connectivity index (χ0) is 17.0. The predicted octanol–water partition coefficient (Wildman–Crippen LogP) is 5.23. The summed E-state index contributed by atoms with van der Waals surface area (Å²) in [5, 5.41) is 9.91. The molecule has 0 aliphatic heterocycles. The molecule has 0 aromatic rings. The van der Waals surface area contributed by atoms with E-state index in [0.29, 0.717) is 0 Å². The maximum Gasteiger partial charge on any atom is 0.309 e. The van der Waals surface area contributed by atoms with Gasteiger partial charge in [-0.15, -0.1) is 0 Å². The van der Waals surface area contributed by atoms with Crippen LogP contribution in [0.25, 0.3) is 0 Å². The van der Waals surface area contributed by atoms with Gasteiger partial charge in [0.2, 0.25) is 0 Å². The largest absolute Gasteiger partial charge is 0.481 e. The highest BCUT2D eigenvalue weighted by Gasteiger charge is 2.43. The van der Waals surface area contributed by atoms with Gasteiger partial charge in [-0.25, -0.2) is 0 Å². The fourth-order valence-electron chi connectivity index (χ4n) is 3.04. The molecule has 128 valence electrons. The quantitative estimate of drug-likeness (QED) is 0.536. The van der Waals surface area contributed by atoms with Gasteiger partial charge in [-0.1, -0.05) is 52.2 Å². The molecule has 1 aliphatic carbocycles. The molecule has 0 saturated heterocycles. The first-order valence-corrected chi connectivity index (χ1v) is 11.5. The number of aliphatic carboxylic acids is 1. The SMILES string of the molecule is C/C=C/C(O[Si](C)(C)C(C)(C)C)C(C(=O)O)C1CCCCC1. The Kier molecular flexibility index (Phi) is 6.87. The topological polar surface area (TPSA) is 46.5 Å². The molecular formula is C18H34O3Si. The smallest absolute Gasteiger partial charge is 0.309 e. The van der Waals surface area contributed by atoms with Crippen molar-refractivity contribution < 1.29 is 14.3 Å². The van der Waals surface area contributed by atoms with Crippen LogP contribution in [0.1, 0.15) is 59.8 Å². The van der Waals surface area contributed by atoms with Crippen molar-refractivity contribution in [2.24, 2.45) is 11.8 Å². The average Bonchev–Trinajstić information content (AvgIpc) is 2.38. The number of carbonyl (C=O) groups is 1. The second kappa shape index (κ2) is 7.78. The first-order valence-electron chi connectivity index (χ1n) is 8.63. The third-order valence-corrected chi connectivity index (χ3v) is 9.89. The second-order valence-corrected chi connectivity index (χ2v) is 12.9. The number of carboxylic acid groups (broad SMARTS) is 1. The molecule has 0 aromatic heterocycles. The summed E-state index contributed by atoms with van der Waals surface area (Å²) in [5.74, 6) is -0.864. The van der Waals surface area contributed by atoms with Gasteiger partial charge in [0, 0.05) is 0 Å². The lowest BCUT2D eigenvalue weighted by atomic mass is 9.77. The lowest BCUT2D eigenvalue weighted by molar-refractivity contribution is -0.147. The van der Waals surface area contributed by atoms with E-state index < -0.39 is 20.2 Å². The molecule has 4 heteroatoms. The van der Waals surface area contributed by atoms with Crippen LogP contribution in [0.4, 0.5) is 0 Å². The van der Waals surface area contributed by atoms with Crippen LogP contribution in [0.3, 0.4) is 0 Å². The van der Waals surface area contributed by atoms with Crippen molar-refractivity contribution >= 4 is 14.3 Å². The van der Waals surface area contributed by atoms with Gasteiger partial charge in [-0.3, -0.25) is 4.79 Å². The Balaban J connectivity index is 3.01. The molecule has 0 spiro atoms. The molecule has 0 radical (unpaired) electrons. The van der Waals surface area contributed by atoms with Crippen LogP contribution in [0.15, 0.2) is 12.2 Å². The van der Waals surface area contributed by atoms with Crippen LogP contribution in [-0.2, 0) is 9.22 Å². The number of carboxylic acids is 1. The van der Waals surface area contributed by atoms with Crippen molar-refractivity contribution in [3.63, 3.8) is 0 Å². The van der Waals surface area contributed by atoms with E-state index in [2.05, 4.69) is 33.9 Å². The van der Waals surface area contributed by atoms with E-state index in [4.69, 9.17) is 4.43 Å². The van der Waals surface area contributed by atoms with Gasteiger partial charge in [-0.05, 0) is 43.8 Å². The highest BCUT2D eigenvalue weighted by molar-refractivity contribution is 6.74. The second-order valence-electron chi connectivity index (χ2n) is 8.13. The van der Waals surface area contributed by atoms with Crippen molar-refractivity contribution in [2.75, 3.05) is 0 Å². The van der Waals surface area contributed by atoms with Crippen LogP contribution in [0.5, 0.6) is 0 Å². The van der Waals surface area contributed by atoms with E-state index in [0.717, 1.165) is 25.7 Å². The molecule has 3 nitrogen and oxygen atoms in total. The summed E-state index contributed by atoms with van der Waals surface area (Å²) in [5.41, 5.74) is 0. The number of hydrogen-bond donors (Lipinski definition) is 1. The van der Waals surface area contributed by atoms with Gasteiger partial charge >= 0.3 is 5.97 Å². The summed E-state index contributed by atoms with van der Waals surface area (Å²) in [6, 6.07) is 0. The van der Waals surface area contributed by atoms with Crippen molar-refractivity contribution in [1.29, 1.82) is 0 Å². The minimum absolute atomic E-state index is 0.0858. The van der Waals surface area contributed by atoms with E-state index in [1.54, 1.807) is 0 Å². The summed E-state index contributed by atoms with van der Waals surface area (Å²) >= 11 is 0. The highest BCUT2D eigenvalue weighted by Crippen LogP contribution is 2.40. The molecule has 0 heterocycles. The van der Waals surface area contributed by atoms with Crippen LogP contribution in [-0.4, -0.2) is 25.5 Å². The van der Waals surface area contributed by atoms with E-state index in [-0.39, 0.29) is 17.1 Å². The Morgan fingerprint density at radius 3 is 2.18 bits per heavy atom. The Bertz CT molecular complexity index is 390. The van der Waals surface area contributed by atoms with E-state index in [1.807, 2.05) is 19.1 Å². The summed E-state index contributed by atoms with van der Waals surface area (Å²) in [6.45, 7) is 12.9. The van der Waals surface area contributed by atoms with Gasteiger partial charge in [0.15, 0.2) is 8.32 Å². The molecular weight excluding hydrogens is 292 g/mol. The van der Waals surface area contributed by atoms with Crippen molar-refractivity contribution in [3.8, 4) is 0 Å². The Labute approximate surface area is 137 Å². The minimum atomic E-state index is -1.99. The predicted molar refractivity (Wildman–Crippen MR) is 94.6 cm³/mol. The standard InChI is InChI=1S/C18H34O3Si/c1-7-11-15(21-22(5,6)18(2,3)4)16(17(19)20)14-12-9-8-10-13-14/h7,11,14-16H,8-10,12-13H2,1-6H3,(H,19,20)/b11-7+. The molecule has 1 fully saturated rings. The molecule has 0 bridgehead atoms. The van der Waals surface area contributed by atoms with E-state index in [9.17, 15) is 9.90 Å². The fourth-order valence-corrected chi connectivity index (χ4v) is 4.30. The third-order valence-electron chi connectivity index (χ3n) is 5.42. The molecule has 1 rings (SSSR count). The monoisotopic (exact) mass is 326 g/mol. The molecule has 2 atom stereocenters. The zero-order valence-corrected chi connectivity index (χ0v) is 16.2. The normalized spacial score (nSPS) is 21.0. The lowest BCUT2D eigenvalue weighted by Crippen LogP contribution is -2.48. The minimum Gasteiger partial charge on any atom is -0.481 e. The molecule has 1 N–H and O–H groups in total. The zero-order valence-electron chi connectivity index (χ0n) is 15.2. The van der Waals surface area contributed by atoms with Crippen LogP contribution in [0, 0.1) is 11.8 Å². The number of rotatable bonds is 6. The summed E-state index contributed by atoms with van der Waals surface area (Å²) in [6.07, 6.45) is 9.18. The molecule has 1 saturated carbocycles. The first-order chi connectivity index (χ1) is 10.1. The van der Waals surface area contributed by atoms with Crippen molar-refractivity contribution in [1.82, 2.24) is 0 Å². The van der Waals surface area contributed by atoms with Gasteiger partial charge in [0.1, 0.15) is 0 Å². The lowest BCUT2D eigenvalue weighted by Gasteiger charge is -2.41. The number of hydrogen-bond acceptors (Lipinski definition) is 2.